The molecule has 1 saturated heterocycles. The van der Waals surface area contributed by atoms with Crippen LogP contribution < -0.4 is 10.6 Å². The molecule has 0 spiro atoms. The van der Waals surface area contributed by atoms with Gasteiger partial charge in [0.25, 0.3) is 0 Å². The molecule has 1 fully saturated rings. The van der Waals surface area contributed by atoms with Crippen molar-refractivity contribution in [1.82, 2.24) is 15.5 Å². The van der Waals surface area contributed by atoms with E-state index in [-0.39, 0.29) is 24.0 Å². The fourth-order valence-electron chi connectivity index (χ4n) is 3.10. The minimum Gasteiger partial charge on any atom is -0.376 e. The number of nitrogens with one attached hydrogen (secondary N) is 2. The van der Waals surface area contributed by atoms with E-state index in [4.69, 9.17) is 9.73 Å². The maximum absolute atomic E-state index is 5.69. The molecule has 7 heteroatoms. The number of ether oxygens (including phenoxy) is 1. The van der Waals surface area contributed by atoms with Crippen molar-refractivity contribution < 1.29 is 4.74 Å². The summed E-state index contributed by atoms with van der Waals surface area (Å²) in [7, 11) is 0. The number of likely N-dealkylation sites (N-methyl/N-ethyl adjacent to an activating group) is 1. The molecular formula is C18H33IN4OS. The highest BCUT2D eigenvalue weighted by atomic mass is 127. The van der Waals surface area contributed by atoms with Crippen molar-refractivity contribution in [3.63, 3.8) is 0 Å². The quantitative estimate of drug-likeness (QED) is 0.323. The Morgan fingerprint density at radius 1 is 1.36 bits per heavy atom. The lowest BCUT2D eigenvalue weighted by Crippen LogP contribution is -2.41. The lowest BCUT2D eigenvalue weighted by Gasteiger charge is -2.28. The molecule has 5 nitrogen and oxygen atoms in total. The normalized spacial score (nSPS) is 18.9. The van der Waals surface area contributed by atoms with Crippen LogP contribution in [-0.2, 0) is 4.74 Å². The van der Waals surface area contributed by atoms with Gasteiger partial charge in [-0.05, 0) is 55.2 Å². The molecular weight excluding hydrogens is 447 g/mol. The molecule has 1 aromatic rings. The highest BCUT2D eigenvalue weighted by Crippen LogP contribution is 2.23. The second-order valence-electron chi connectivity index (χ2n) is 6.03. The maximum Gasteiger partial charge on any atom is 0.191 e. The average molecular weight is 480 g/mol. The Labute approximate surface area is 173 Å². The molecule has 2 heterocycles. The number of hydrogen-bond acceptors (Lipinski definition) is 4. The molecule has 0 amide bonds. The predicted octanol–water partition coefficient (Wildman–Crippen LogP) is 3.48. The monoisotopic (exact) mass is 480 g/mol. The molecule has 2 atom stereocenters. The number of hydrogen-bond donors (Lipinski definition) is 2. The van der Waals surface area contributed by atoms with E-state index in [0.717, 1.165) is 51.7 Å². The first-order valence-electron chi connectivity index (χ1n) is 9.18. The molecule has 0 aliphatic carbocycles. The third-order valence-electron chi connectivity index (χ3n) is 4.47. The highest BCUT2D eigenvalue weighted by molar-refractivity contribution is 14.0. The fourth-order valence-corrected chi connectivity index (χ4v) is 3.80. The van der Waals surface area contributed by atoms with E-state index < -0.39 is 0 Å². The Hall–Kier alpha value is -0.380. The van der Waals surface area contributed by atoms with E-state index >= 15 is 0 Å². The van der Waals surface area contributed by atoms with Crippen LogP contribution in [0.15, 0.2) is 21.8 Å². The second kappa shape index (κ2) is 12.9. The molecule has 2 N–H and O–H groups in total. The van der Waals surface area contributed by atoms with E-state index in [0.29, 0.717) is 12.1 Å². The maximum atomic E-state index is 5.69. The zero-order chi connectivity index (χ0) is 17.2. The van der Waals surface area contributed by atoms with Gasteiger partial charge in [0.1, 0.15) is 0 Å². The van der Waals surface area contributed by atoms with E-state index in [9.17, 15) is 0 Å². The number of guanidine groups is 1. The van der Waals surface area contributed by atoms with Crippen LogP contribution in [-0.4, -0.2) is 56.3 Å². The van der Waals surface area contributed by atoms with Crippen LogP contribution in [0, 0.1) is 0 Å². The molecule has 1 aliphatic rings. The van der Waals surface area contributed by atoms with Crippen molar-refractivity contribution >= 4 is 41.3 Å². The van der Waals surface area contributed by atoms with Crippen molar-refractivity contribution in [2.45, 2.75) is 45.8 Å². The standard InChI is InChI=1S/C18H32N4OS.HI/c1-4-19-18(20-12-16-8-7-10-23-16)21-13-17(22(5-2)6-3)15-9-11-24-14-15;/h9,11,14,16-17H,4-8,10,12-13H2,1-3H3,(H2,19,20,21);1H. The lowest BCUT2D eigenvalue weighted by molar-refractivity contribution is 0.113. The van der Waals surface area contributed by atoms with Crippen LogP contribution in [0.1, 0.15) is 45.2 Å². The Balaban J connectivity index is 0.00000312. The highest BCUT2D eigenvalue weighted by Gasteiger charge is 2.19. The summed E-state index contributed by atoms with van der Waals surface area (Å²) in [5, 5.41) is 11.2. The summed E-state index contributed by atoms with van der Waals surface area (Å²) in [6.45, 7) is 12.0. The smallest absolute Gasteiger partial charge is 0.191 e. The van der Waals surface area contributed by atoms with Crippen LogP contribution in [0.5, 0.6) is 0 Å². The van der Waals surface area contributed by atoms with Gasteiger partial charge in [0, 0.05) is 19.7 Å². The van der Waals surface area contributed by atoms with Crippen molar-refractivity contribution in [2.75, 3.05) is 39.3 Å². The molecule has 1 aliphatic heterocycles. The van der Waals surface area contributed by atoms with Gasteiger partial charge < -0.3 is 15.4 Å². The summed E-state index contributed by atoms with van der Waals surface area (Å²) in [6, 6.07) is 2.56. The van der Waals surface area contributed by atoms with E-state index in [1.54, 1.807) is 11.3 Å². The minimum absolute atomic E-state index is 0. The number of aliphatic imine (C=N–C) groups is 1. The Bertz CT molecular complexity index is 473. The van der Waals surface area contributed by atoms with Gasteiger partial charge in [-0.3, -0.25) is 9.89 Å². The summed E-state index contributed by atoms with van der Waals surface area (Å²) < 4.78 is 5.69. The molecule has 0 aromatic carbocycles. The Morgan fingerprint density at radius 2 is 2.16 bits per heavy atom. The summed E-state index contributed by atoms with van der Waals surface area (Å²) in [6.07, 6.45) is 2.63. The summed E-state index contributed by atoms with van der Waals surface area (Å²) in [4.78, 5) is 7.32. The van der Waals surface area contributed by atoms with E-state index in [1.807, 2.05) is 0 Å². The van der Waals surface area contributed by atoms with Gasteiger partial charge in [0.05, 0.1) is 18.7 Å². The Morgan fingerprint density at radius 3 is 2.72 bits per heavy atom. The molecule has 2 rings (SSSR count). The number of thiophene rings is 1. The van der Waals surface area contributed by atoms with Gasteiger partial charge in [-0.25, -0.2) is 0 Å². The molecule has 0 bridgehead atoms. The molecule has 25 heavy (non-hydrogen) atoms. The zero-order valence-corrected chi connectivity index (χ0v) is 18.8. The number of rotatable bonds is 9. The van der Waals surface area contributed by atoms with Crippen LogP contribution in [0.2, 0.25) is 0 Å². The van der Waals surface area contributed by atoms with E-state index in [2.05, 4.69) is 53.1 Å². The van der Waals surface area contributed by atoms with Crippen molar-refractivity contribution in [2.24, 2.45) is 4.99 Å². The van der Waals surface area contributed by atoms with Gasteiger partial charge in [-0.2, -0.15) is 11.3 Å². The van der Waals surface area contributed by atoms with Crippen molar-refractivity contribution in [1.29, 1.82) is 0 Å². The van der Waals surface area contributed by atoms with Gasteiger partial charge >= 0.3 is 0 Å². The van der Waals surface area contributed by atoms with Crippen LogP contribution in [0.4, 0.5) is 0 Å². The van der Waals surface area contributed by atoms with Crippen molar-refractivity contribution in [3.8, 4) is 0 Å². The summed E-state index contributed by atoms with van der Waals surface area (Å²) >= 11 is 1.75. The number of halogens is 1. The van der Waals surface area contributed by atoms with Gasteiger partial charge in [-0.15, -0.1) is 24.0 Å². The first-order chi connectivity index (χ1) is 11.8. The summed E-state index contributed by atoms with van der Waals surface area (Å²) in [5.74, 6) is 0.889. The SMILES string of the molecule is CCNC(=NCC(c1ccsc1)N(CC)CC)NCC1CCCO1.I. The van der Waals surface area contributed by atoms with Crippen molar-refractivity contribution in [3.05, 3.63) is 22.4 Å². The topological polar surface area (TPSA) is 48.9 Å². The minimum atomic E-state index is 0. The molecule has 2 unspecified atom stereocenters. The first-order valence-corrected chi connectivity index (χ1v) is 10.1. The zero-order valence-electron chi connectivity index (χ0n) is 15.7. The van der Waals surface area contributed by atoms with Crippen LogP contribution in [0.3, 0.4) is 0 Å². The van der Waals surface area contributed by atoms with E-state index in [1.165, 1.54) is 12.0 Å². The molecule has 0 saturated carbocycles. The average Bonchev–Trinajstić information content (AvgIpc) is 3.29. The van der Waals surface area contributed by atoms with Crippen LogP contribution in [0.25, 0.3) is 0 Å². The number of nitrogens with zero attached hydrogens (tertiary/aromatic N) is 2. The third-order valence-corrected chi connectivity index (χ3v) is 5.17. The largest absolute Gasteiger partial charge is 0.376 e. The summed E-state index contributed by atoms with van der Waals surface area (Å²) in [5.41, 5.74) is 1.36. The van der Waals surface area contributed by atoms with Gasteiger partial charge in [-0.1, -0.05) is 13.8 Å². The second-order valence-corrected chi connectivity index (χ2v) is 6.81. The molecule has 0 radical (unpaired) electrons. The third kappa shape index (κ3) is 7.40. The van der Waals surface area contributed by atoms with Gasteiger partial charge in [0.15, 0.2) is 5.96 Å². The van der Waals surface area contributed by atoms with Gasteiger partial charge in [0.2, 0.25) is 0 Å². The fraction of sp³-hybridized carbons (Fsp3) is 0.722. The lowest BCUT2D eigenvalue weighted by atomic mass is 10.1. The predicted molar refractivity (Wildman–Crippen MR) is 118 cm³/mol. The Kier molecular flexibility index (Phi) is 11.7. The molecule has 144 valence electrons. The molecule has 1 aromatic heterocycles. The van der Waals surface area contributed by atoms with Crippen LogP contribution >= 0.6 is 35.3 Å². The first kappa shape index (κ1) is 22.7.